The standard InChI is InChI=1S/C10H13NO3/c1-14-10(13)9-6-8(7-11-9)4-2-3-5-12/h2,4,6-7,11-12H,3,5H2,1H3. The molecule has 1 aromatic heterocycles. The second kappa shape index (κ2) is 5.24. The molecule has 4 heteroatoms. The van der Waals surface area contributed by atoms with Gasteiger partial charge in [0, 0.05) is 12.8 Å². The minimum absolute atomic E-state index is 0.130. The molecule has 76 valence electrons. The van der Waals surface area contributed by atoms with Gasteiger partial charge in [-0.15, -0.1) is 0 Å². The Labute approximate surface area is 82.2 Å². The van der Waals surface area contributed by atoms with E-state index in [0.29, 0.717) is 12.1 Å². The summed E-state index contributed by atoms with van der Waals surface area (Å²) in [6.07, 6.45) is 5.99. The molecule has 0 atom stereocenters. The van der Waals surface area contributed by atoms with Gasteiger partial charge < -0.3 is 14.8 Å². The first-order valence-electron chi connectivity index (χ1n) is 4.32. The number of rotatable bonds is 4. The summed E-state index contributed by atoms with van der Waals surface area (Å²) in [6, 6.07) is 1.69. The topological polar surface area (TPSA) is 62.3 Å². The Bertz CT molecular complexity index is 328. The van der Waals surface area contributed by atoms with Crippen molar-refractivity contribution >= 4 is 12.0 Å². The summed E-state index contributed by atoms with van der Waals surface area (Å²) in [6.45, 7) is 0.130. The Kier molecular flexibility index (Phi) is 3.94. The lowest BCUT2D eigenvalue weighted by Crippen LogP contribution is -2.00. The molecule has 0 aliphatic heterocycles. The number of aromatic amines is 1. The van der Waals surface area contributed by atoms with Crippen LogP contribution in [0.3, 0.4) is 0 Å². The van der Waals surface area contributed by atoms with Gasteiger partial charge in [-0.1, -0.05) is 12.2 Å². The average Bonchev–Trinajstić information content (AvgIpc) is 2.66. The number of aromatic nitrogens is 1. The first-order chi connectivity index (χ1) is 6.77. The molecule has 0 bridgehead atoms. The van der Waals surface area contributed by atoms with Gasteiger partial charge in [0.05, 0.1) is 7.11 Å². The zero-order valence-corrected chi connectivity index (χ0v) is 7.99. The Morgan fingerprint density at radius 1 is 1.71 bits per heavy atom. The van der Waals surface area contributed by atoms with Crippen LogP contribution in [0.2, 0.25) is 0 Å². The molecule has 0 saturated heterocycles. The number of aliphatic hydroxyl groups is 1. The van der Waals surface area contributed by atoms with Gasteiger partial charge in [-0.05, 0) is 18.1 Å². The molecule has 0 amide bonds. The van der Waals surface area contributed by atoms with E-state index in [1.54, 1.807) is 12.3 Å². The predicted octanol–water partition coefficient (Wildman–Crippen LogP) is 1.20. The van der Waals surface area contributed by atoms with E-state index in [0.717, 1.165) is 5.56 Å². The van der Waals surface area contributed by atoms with Gasteiger partial charge in [-0.3, -0.25) is 0 Å². The summed E-state index contributed by atoms with van der Waals surface area (Å²) in [5.41, 5.74) is 1.31. The van der Waals surface area contributed by atoms with Crippen molar-refractivity contribution < 1.29 is 14.6 Å². The van der Waals surface area contributed by atoms with Crippen LogP contribution in [-0.4, -0.2) is 29.8 Å². The Morgan fingerprint density at radius 2 is 2.50 bits per heavy atom. The molecule has 0 unspecified atom stereocenters. The van der Waals surface area contributed by atoms with E-state index < -0.39 is 0 Å². The molecular formula is C10H13NO3. The summed E-state index contributed by atoms with van der Waals surface area (Å²) in [5, 5.41) is 8.54. The molecule has 0 aliphatic rings. The van der Waals surface area contributed by atoms with Crippen molar-refractivity contribution in [2.75, 3.05) is 13.7 Å². The third kappa shape index (κ3) is 2.74. The Hall–Kier alpha value is -1.55. The maximum absolute atomic E-state index is 11.0. The molecular weight excluding hydrogens is 182 g/mol. The van der Waals surface area contributed by atoms with E-state index in [1.807, 2.05) is 12.2 Å². The summed E-state index contributed by atoms with van der Waals surface area (Å²) in [5.74, 6) is -0.383. The second-order valence-electron chi connectivity index (χ2n) is 2.75. The molecule has 1 aromatic rings. The quantitative estimate of drug-likeness (QED) is 0.709. The van der Waals surface area contributed by atoms with Crippen molar-refractivity contribution in [3.8, 4) is 0 Å². The number of H-pyrrole nitrogens is 1. The van der Waals surface area contributed by atoms with E-state index in [4.69, 9.17) is 5.11 Å². The number of carbonyl (C=O) groups is 1. The molecule has 1 heterocycles. The number of hydrogen-bond acceptors (Lipinski definition) is 3. The van der Waals surface area contributed by atoms with Crippen molar-refractivity contribution in [3.63, 3.8) is 0 Å². The zero-order valence-electron chi connectivity index (χ0n) is 7.99. The second-order valence-corrected chi connectivity index (χ2v) is 2.75. The number of methoxy groups -OCH3 is 1. The van der Waals surface area contributed by atoms with Crippen LogP contribution in [0.5, 0.6) is 0 Å². The van der Waals surface area contributed by atoms with Crippen molar-refractivity contribution in [2.45, 2.75) is 6.42 Å². The Balaban J connectivity index is 2.63. The lowest BCUT2D eigenvalue weighted by molar-refractivity contribution is 0.0595. The van der Waals surface area contributed by atoms with E-state index in [2.05, 4.69) is 9.72 Å². The van der Waals surface area contributed by atoms with Crippen LogP contribution < -0.4 is 0 Å². The van der Waals surface area contributed by atoms with Crippen LogP contribution in [0.25, 0.3) is 6.08 Å². The summed E-state index contributed by atoms with van der Waals surface area (Å²) >= 11 is 0. The zero-order chi connectivity index (χ0) is 10.4. The van der Waals surface area contributed by atoms with E-state index >= 15 is 0 Å². The van der Waals surface area contributed by atoms with Crippen LogP contribution in [0.1, 0.15) is 22.5 Å². The number of hydrogen-bond donors (Lipinski definition) is 2. The molecule has 0 fully saturated rings. The third-order valence-electron chi connectivity index (χ3n) is 1.72. The normalized spacial score (nSPS) is 10.7. The van der Waals surface area contributed by atoms with Crippen LogP contribution in [0, 0.1) is 0 Å². The number of aliphatic hydroxyl groups excluding tert-OH is 1. The van der Waals surface area contributed by atoms with Gasteiger partial charge in [0.1, 0.15) is 5.69 Å². The molecule has 0 saturated carbocycles. The average molecular weight is 195 g/mol. The highest BCUT2D eigenvalue weighted by Crippen LogP contribution is 2.06. The molecule has 1 rings (SSSR count). The van der Waals surface area contributed by atoms with Crippen LogP contribution in [0.15, 0.2) is 18.3 Å². The molecule has 4 nitrogen and oxygen atoms in total. The third-order valence-corrected chi connectivity index (χ3v) is 1.72. The highest BCUT2D eigenvalue weighted by Gasteiger charge is 2.05. The number of ether oxygens (including phenoxy) is 1. The monoisotopic (exact) mass is 195 g/mol. The minimum atomic E-state index is -0.383. The van der Waals surface area contributed by atoms with Crippen molar-refractivity contribution in [1.29, 1.82) is 0 Å². The fourth-order valence-electron chi connectivity index (χ4n) is 1.03. The molecule has 0 radical (unpaired) electrons. The van der Waals surface area contributed by atoms with Gasteiger partial charge in [0.2, 0.25) is 0 Å². The van der Waals surface area contributed by atoms with E-state index in [9.17, 15) is 4.79 Å². The first kappa shape index (κ1) is 10.5. The fourth-order valence-corrected chi connectivity index (χ4v) is 1.03. The SMILES string of the molecule is COC(=O)c1cc(C=CCCO)c[nH]1. The van der Waals surface area contributed by atoms with Crippen molar-refractivity contribution in [3.05, 3.63) is 29.6 Å². The van der Waals surface area contributed by atoms with Gasteiger partial charge >= 0.3 is 5.97 Å². The van der Waals surface area contributed by atoms with Gasteiger partial charge in [0.15, 0.2) is 0 Å². The van der Waals surface area contributed by atoms with E-state index in [1.165, 1.54) is 7.11 Å². The Morgan fingerprint density at radius 3 is 3.14 bits per heavy atom. The highest BCUT2D eigenvalue weighted by atomic mass is 16.5. The number of carbonyl (C=O) groups excluding carboxylic acids is 1. The first-order valence-corrected chi connectivity index (χ1v) is 4.32. The molecule has 0 aromatic carbocycles. The maximum Gasteiger partial charge on any atom is 0.354 e. The molecule has 0 aliphatic carbocycles. The molecule has 0 spiro atoms. The summed E-state index contributed by atoms with van der Waals surface area (Å²) in [7, 11) is 1.34. The van der Waals surface area contributed by atoms with Crippen LogP contribution in [0.4, 0.5) is 0 Å². The van der Waals surface area contributed by atoms with Crippen LogP contribution in [-0.2, 0) is 4.74 Å². The van der Waals surface area contributed by atoms with Gasteiger partial charge in [0.25, 0.3) is 0 Å². The lowest BCUT2D eigenvalue weighted by Gasteiger charge is -1.91. The fraction of sp³-hybridized carbons (Fsp3) is 0.300. The smallest absolute Gasteiger partial charge is 0.354 e. The number of esters is 1. The largest absolute Gasteiger partial charge is 0.464 e. The lowest BCUT2D eigenvalue weighted by atomic mass is 10.2. The summed E-state index contributed by atoms with van der Waals surface area (Å²) < 4.78 is 4.54. The minimum Gasteiger partial charge on any atom is -0.464 e. The highest BCUT2D eigenvalue weighted by molar-refractivity contribution is 5.88. The van der Waals surface area contributed by atoms with Gasteiger partial charge in [-0.25, -0.2) is 4.79 Å². The van der Waals surface area contributed by atoms with Gasteiger partial charge in [-0.2, -0.15) is 0 Å². The van der Waals surface area contributed by atoms with E-state index in [-0.39, 0.29) is 12.6 Å². The maximum atomic E-state index is 11.0. The van der Waals surface area contributed by atoms with Crippen molar-refractivity contribution in [2.24, 2.45) is 0 Å². The predicted molar refractivity (Wildman–Crippen MR) is 52.9 cm³/mol. The molecule has 2 N–H and O–H groups in total. The molecule has 14 heavy (non-hydrogen) atoms. The summed E-state index contributed by atoms with van der Waals surface area (Å²) in [4.78, 5) is 13.8. The van der Waals surface area contributed by atoms with Crippen molar-refractivity contribution in [1.82, 2.24) is 4.98 Å². The number of nitrogens with one attached hydrogen (secondary N) is 1. The van der Waals surface area contributed by atoms with Crippen LogP contribution >= 0.6 is 0 Å².